The van der Waals surface area contributed by atoms with E-state index in [2.05, 4.69) is 44.6 Å². The minimum Gasteiger partial charge on any atom is -0.340 e. The third kappa shape index (κ3) is 3.23. The number of hydrogen-bond donors (Lipinski definition) is 0. The second-order valence-electron chi connectivity index (χ2n) is 6.06. The van der Waals surface area contributed by atoms with Crippen LogP contribution in [-0.2, 0) is 6.54 Å². The van der Waals surface area contributed by atoms with Gasteiger partial charge in [0.25, 0.3) is 0 Å². The maximum absolute atomic E-state index is 4.57. The SMILES string of the molecule is Cc1csc(C(C)Cn2nnnc2N2CCC(C)CC2)n1. The normalized spacial score (nSPS) is 18.1. The molecule has 1 atom stereocenters. The van der Waals surface area contributed by atoms with Crippen molar-refractivity contribution in [3.8, 4) is 0 Å². The smallest absolute Gasteiger partial charge is 0.245 e. The van der Waals surface area contributed by atoms with Crippen LogP contribution < -0.4 is 4.90 Å². The van der Waals surface area contributed by atoms with Gasteiger partial charge in [-0.3, -0.25) is 0 Å². The molecule has 7 heteroatoms. The molecule has 2 aromatic heterocycles. The van der Waals surface area contributed by atoms with Crippen molar-refractivity contribution in [2.45, 2.75) is 46.1 Å². The first-order valence-electron chi connectivity index (χ1n) is 7.56. The van der Waals surface area contributed by atoms with E-state index in [4.69, 9.17) is 0 Å². The highest BCUT2D eigenvalue weighted by atomic mass is 32.1. The van der Waals surface area contributed by atoms with E-state index < -0.39 is 0 Å². The van der Waals surface area contributed by atoms with Crippen molar-refractivity contribution in [1.82, 2.24) is 25.2 Å². The summed E-state index contributed by atoms with van der Waals surface area (Å²) in [5.74, 6) is 2.04. The predicted octanol–water partition coefficient (Wildman–Crippen LogP) is 2.48. The Morgan fingerprint density at radius 1 is 1.38 bits per heavy atom. The lowest BCUT2D eigenvalue weighted by Crippen LogP contribution is -2.35. The molecular formula is C14H22N6S. The van der Waals surface area contributed by atoms with Crippen molar-refractivity contribution in [3.63, 3.8) is 0 Å². The minimum atomic E-state index is 0.328. The van der Waals surface area contributed by atoms with Gasteiger partial charge in [-0.05, 0) is 36.1 Å². The summed E-state index contributed by atoms with van der Waals surface area (Å²) in [6.45, 7) is 9.40. The third-order valence-electron chi connectivity index (χ3n) is 4.08. The molecule has 3 rings (SSSR count). The number of nitrogens with zero attached hydrogens (tertiary/aromatic N) is 6. The van der Waals surface area contributed by atoms with E-state index in [0.717, 1.165) is 42.2 Å². The fourth-order valence-corrected chi connectivity index (χ4v) is 3.54. The highest BCUT2D eigenvalue weighted by molar-refractivity contribution is 7.09. The fraction of sp³-hybridized carbons (Fsp3) is 0.714. The Labute approximate surface area is 129 Å². The van der Waals surface area contributed by atoms with Gasteiger partial charge in [0.15, 0.2) is 0 Å². The van der Waals surface area contributed by atoms with E-state index in [-0.39, 0.29) is 0 Å². The van der Waals surface area contributed by atoms with Crippen LogP contribution in [-0.4, -0.2) is 38.3 Å². The Bertz CT molecular complexity index is 584. The van der Waals surface area contributed by atoms with Gasteiger partial charge in [0, 0.05) is 30.1 Å². The average Bonchev–Trinajstić information content (AvgIpc) is 3.09. The second kappa shape index (κ2) is 6.09. The van der Waals surface area contributed by atoms with Gasteiger partial charge in [0.05, 0.1) is 11.6 Å². The van der Waals surface area contributed by atoms with Crippen LogP contribution in [0.5, 0.6) is 0 Å². The number of aromatic nitrogens is 5. The molecule has 2 aromatic rings. The molecular weight excluding hydrogens is 284 g/mol. The molecule has 0 amide bonds. The number of anilines is 1. The van der Waals surface area contributed by atoms with Crippen LogP contribution in [0.3, 0.4) is 0 Å². The van der Waals surface area contributed by atoms with E-state index in [0.29, 0.717) is 5.92 Å². The number of tetrazole rings is 1. The van der Waals surface area contributed by atoms with Gasteiger partial charge < -0.3 is 4.90 Å². The molecule has 0 N–H and O–H groups in total. The quantitative estimate of drug-likeness (QED) is 0.868. The summed E-state index contributed by atoms with van der Waals surface area (Å²) in [6.07, 6.45) is 2.43. The molecule has 0 radical (unpaired) electrons. The molecule has 1 aliphatic heterocycles. The minimum absolute atomic E-state index is 0.328. The first-order valence-corrected chi connectivity index (χ1v) is 8.44. The molecule has 1 unspecified atom stereocenters. The van der Waals surface area contributed by atoms with Crippen LogP contribution in [0, 0.1) is 12.8 Å². The van der Waals surface area contributed by atoms with Crippen LogP contribution in [0.25, 0.3) is 0 Å². The molecule has 0 saturated carbocycles. The van der Waals surface area contributed by atoms with Gasteiger partial charge in [-0.1, -0.05) is 18.9 Å². The summed E-state index contributed by atoms with van der Waals surface area (Å²) in [6, 6.07) is 0. The summed E-state index contributed by atoms with van der Waals surface area (Å²) in [4.78, 5) is 6.87. The largest absolute Gasteiger partial charge is 0.340 e. The van der Waals surface area contributed by atoms with Crippen LogP contribution in [0.2, 0.25) is 0 Å². The molecule has 3 heterocycles. The Morgan fingerprint density at radius 2 is 2.14 bits per heavy atom. The predicted molar refractivity (Wildman–Crippen MR) is 83.7 cm³/mol. The van der Waals surface area contributed by atoms with Gasteiger partial charge in [0.2, 0.25) is 5.95 Å². The van der Waals surface area contributed by atoms with Gasteiger partial charge in [-0.2, -0.15) is 0 Å². The van der Waals surface area contributed by atoms with E-state index in [1.54, 1.807) is 11.3 Å². The lowest BCUT2D eigenvalue weighted by atomic mass is 10.00. The molecule has 1 fully saturated rings. The highest BCUT2D eigenvalue weighted by Gasteiger charge is 2.22. The summed E-state index contributed by atoms with van der Waals surface area (Å²) in [5, 5.41) is 15.5. The zero-order valence-corrected chi connectivity index (χ0v) is 13.7. The fourth-order valence-electron chi connectivity index (χ4n) is 2.69. The average molecular weight is 306 g/mol. The lowest BCUT2D eigenvalue weighted by Gasteiger charge is -2.30. The number of piperidine rings is 1. The summed E-state index contributed by atoms with van der Waals surface area (Å²) >= 11 is 1.71. The monoisotopic (exact) mass is 306 g/mol. The Morgan fingerprint density at radius 3 is 2.81 bits per heavy atom. The van der Waals surface area contributed by atoms with Gasteiger partial charge in [0.1, 0.15) is 0 Å². The Hall–Kier alpha value is -1.50. The Kier molecular flexibility index (Phi) is 4.19. The molecule has 0 spiro atoms. The van der Waals surface area contributed by atoms with Gasteiger partial charge >= 0.3 is 0 Å². The van der Waals surface area contributed by atoms with Crippen molar-refractivity contribution in [3.05, 3.63) is 16.1 Å². The standard InChI is InChI=1S/C14H22N6S/c1-10-4-6-19(7-5-10)14-16-17-18-20(14)8-11(2)13-15-12(3)9-21-13/h9-11H,4-8H2,1-3H3. The highest BCUT2D eigenvalue weighted by Crippen LogP contribution is 2.24. The van der Waals surface area contributed by atoms with Crippen LogP contribution in [0.4, 0.5) is 5.95 Å². The molecule has 6 nitrogen and oxygen atoms in total. The zero-order valence-electron chi connectivity index (χ0n) is 12.9. The Balaban J connectivity index is 1.70. The first-order chi connectivity index (χ1) is 10.1. The third-order valence-corrected chi connectivity index (χ3v) is 5.28. The molecule has 21 heavy (non-hydrogen) atoms. The number of rotatable bonds is 4. The second-order valence-corrected chi connectivity index (χ2v) is 6.95. The van der Waals surface area contributed by atoms with E-state index >= 15 is 0 Å². The molecule has 1 saturated heterocycles. The topological polar surface area (TPSA) is 59.7 Å². The lowest BCUT2D eigenvalue weighted by molar-refractivity contribution is 0.425. The van der Waals surface area contributed by atoms with E-state index in [1.165, 1.54) is 12.8 Å². The van der Waals surface area contributed by atoms with Crippen molar-refractivity contribution in [2.75, 3.05) is 18.0 Å². The van der Waals surface area contributed by atoms with E-state index in [9.17, 15) is 0 Å². The van der Waals surface area contributed by atoms with Crippen molar-refractivity contribution in [2.24, 2.45) is 5.92 Å². The maximum atomic E-state index is 4.57. The first kappa shape index (κ1) is 14.4. The number of thiazole rings is 1. The molecule has 0 aliphatic carbocycles. The van der Waals surface area contributed by atoms with Crippen molar-refractivity contribution < 1.29 is 0 Å². The number of aryl methyl sites for hydroxylation is 1. The van der Waals surface area contributed by atoms with Gasteiger partial charge in [-0.15, -0.1) is 11.3 Å². The molecule has 1 aliphatic rings. The van der Waals surface area contributed by atoms with Crippen molar-refractivity contribution in [1.29, 1.82) is 0 Å². The van der Waals surface area contributed by atoms with E-state index in [1.807, 2.05) is 11.6 Å². The molecule has 114 valence electrons. The van der Waals surface area contributed by atoms with Crippen LogP contribution in [0.15, 0.2) is 5.38 Å². The maximum Gasteiger partial charge on any atom is 0.245 e. The molecule has 0 bridgehead atoms. The van der Waals surface area contributed by atoms with Crippen LogP contribution >= 0.6 is 11.3 Å². The summed E-state index contributed by atoms with van der Waals surface area (Å²) in [5.41, 5.74) is 1.09. The van der Waals surface area contributed by atoms with Crippen molar-refractivity contribution >= 4 is 17.3 Å². The molecule has 0 aromatic carbocycles. The number of hydrogen-bond acceptors (Lipinski definition) is 6. The van der Waals surface area contributed by atoms with Gasteiger partial charge in [-0.25, -0.2) is 9.67 Å². The zero-order chi connectivity index (χ0) is 14.8. The summed E-state index contributed by atoms with van der Waals surface area (Å²) in [7, 11) is 0. The van der Waals surface area contributed by atoms with Crippen LogP contribution in [0.1, 0.15) is 43.3 Å². The summed E-state index contributed by atoms with van der Waals surface area (Å²) < 4.78 is 1.93.